The molecule has 1 aromatic heterocycles. The Labute approximate surface area is 95.9 Å². The summed E-state index contributed by atoms with van der Waals surface area (Å²) in [6.45, 7) is 0. The predicted molar refractivity (Wildman–Crippen MR) is 62.2 cm³/mol. The van der Waals surface area contributed by atoms with Crippen molar-refractivity contribution in [3.8, 4) is 0 Å². The Kier molecular flexibility index (Phi) is 4.92. The van der Waals surface area contributed by atoms with Crippen molar-refractivity contribution < 1.29 is 9.90 Å². The van der Waals surface area contributed by atoms with Crippen LogP contribution in [0.25, 0.3) is 0 Å². The largest absolute Gasteiger partial charge is 0.481 e. The van der Waals surface area contributed by atoms with Crippen molar-refractivity contribution in [2.45, 2.75) is 25.3 Å². The first-order valence-corrected chi connectivity index (χ1v) is 5.40. The monoisotopic (exact) mass is 222 g/mol. The third kappa shape index (κ3) is 3.98. The van der Waals surface area contributed by atoms with E-state index in [0.717, 1.165) is 12.1 Å². The Morgan fingerprint density at radius 3 is 2.75 bits per heavy atom. The normalized spacial score (nSPS) is 12.7. The second kappa shape index (κ2) is 6.23. The Morgan fingerprint density at radius 1 is 1.50 bits per heavy atom. The molecule has 4 heteroatoms. The third-order valence-corrected chi connectivity index (χ3v) is 2.52. The molecule has 0 aliphatic rings. The second-order valence-corrected chi connectivity index (χ2v) is 4.02. The number of hydrogen-bond acceptors (Lipinski definition) is 3. The summed E-state index contributed by atoms with van der Waals surface area (Å²) in [6.07, 6.45) is 3.48. The molecule has 88 valence electrons. The highest BCUT2D eigenvalue weighted by atomic mass is 16.4. The molecule has 1 N–H and O–H groups in total. The minimum atomic E-state index is -0.737. The summed E-state index contributed by atoms with van der Waals surface area (Å²) in [4.78, 5) is 16.8. The molecule has 0 spiro atoms. The van der Waals surface area contributed by atoms with Crippen LogP contribution in [0.15, 0.2) is 24.4 Å². The van der Waals surface area contributed by atoms with Crippen molar-refractivity contribution >= 4 is 5.97 Å². The van der Waals surface area contributed by atoms with Gasteiger partial charge >= 0.3 is 5.97 Å². The van der Waals surface area contributed by atoms with Crippen molar-refractivity contribution in [3.63, 3.8) is 0 Å². The molecule has 1 atom stereocenters. The lowest BCUT2D eigenvalue weighted by molar-refractivity contribution is -0.137. The van der Waals surface area contributed by atoms with Gasteiger partial charge in [-0.25, -0.2) is 0 Å². The number of hydrogen-bond donors (Lipinski definition) is 1. The summed E-state index contributed by atoms with van der Waals surface area (Å²) < 4.78 is 0. The van der Waals surface area contributed by atoms with Crippen LogP contribution < -0.4 is 0 Å². The van der Waals surface area contributed by atoms with E-state index in [4.69, 9.17) is 5.11 Å². The molecule has 0 saturated heterocycles. The summed E-state index contributed by atoms with van der Waals surface area (Å²) in [5, 5.41) is 8.61. The summed E-state index contributed by atoms with van der Waals surface area (Å²) in [7, 11) is 3.97. The van der Waals surface area contributed by atoms with Crippen molar-refractivity contribution in [3.05, 3.63) is 30.1 Å². The van der Waals surface area contributed by atoms with Crippen molar-refractivity contribution in [2.24, 2.45) is 0 Å². The third-order valence-electron chi connectivity index (χ3n) is 2.52. The minimum absolute atomic E-state index is 0.195. The molecule has 0 radical (unpaired) electrons. The number of rotatable bonds is 6. The number of nitrogens with zero attached hydrogens (tertiary/aromatic N) is 2. The number of carboxylic acids is 1. The van der Waals surface area contributed by atoms with E-state index in [0.29, 0.717) is 6.42 Å². The van der Waals surface area contributed by atoms with E-state index in [-0.39, 0.29) is 12.5 Å². The predicted octanol–water partition coefficient (Wildman–Crippen LogP) is 1.94. The van der Waals surface area contributed by atoms with Gasteiger partial charge in [-0.05, 0) is 39.1 Å². The van der Waals surface area contributed by atoms with Crippen LogP contribution in [0, 0.1) is 0 Å². The average Bonchev–Trinajstić information content (AvgIpc) is 2.25. The standard InChI is InChI=1S/C12H18N2O2/c1-14(2)11(7-5-8-12(15)16)10-6-3-4-9-13-10/h3-4,6,9,11H,5,7-8H2,1-2H3,(H,15,16). The van der Waals surface area contributed by atoms with Gasteiger partial charge in [0.25, 0.3) is 0 Å². The van der Waals surface area contributed by atoms with E-state index >= 15 is 0 Å². The number of carbonyl (C=O) groups is 1. The smallest absolute Gasteiger partial charge is 0.303 e. The molecule has 0 aromatic carbocycles. The molecule has 0 saturated carbocycles. The van der Waals surface area contributed by atoms with Crippen LogP contribution in [0.3, 0.4) is 0 Å². The van der Waals surface area contributed by atoms with E-state index < -0.39 is 5.97 Å². The summed E-state index contributed by atoms with van der Waals surface area (Å²) in [5.74, 6) is -0.737. The van der Waals surface area contributed by atoms with Gasteiger partial charge in [0.15, 0.2) is 0 Å². The van der Waals surface area contributed by atoms with E-state index in [1.165, 1.54) is 0 Å². The zero-order valence-electron chi connectivity index (χ0n) is 9.76. The molecule has 1 rings (SSSR count). The SMILES string of the molecule is CN(C)C(CCCC(=O)O)c1ccccn1. The Hall–Kier alpha value is -1.42. The van der Waals surface area contributed by atoms with E-state index in [2.05, 4.69) is 9.88 Å². The first-order chi connectivity index (χ1) is 7.61. The van der Waals surface area contributed by atoms with Crippen molar-refractivity contribution in [2.75, 3.05) is 14.1 Å². The van der Waals surface area contributed by atoms with Gasteiger partial charge < -0.3 is 10.0 Å². The number of aliphatic carboxylic acids is 1. The fourth-order valence-electron chi connectivity index (χ4n) is 1.69. The zero-order chi connectivity index (χ0) is 12.0. The maximum Gasteiger partial charge on any atom is 0.303 e. The summed E-state index contributed by atoms with van der Waals surface area (Å²) in [6, 6.07) is 6.01. The molecule has 16 heavy (non-hydrogen) atoms. The fraction of sp³-hybridized carbons (Fsp3) is 0.500. The van der Waals surface area contributed by atoms with Gasteiger partial charge in [-0.2, -0.15) is 0 Å². The minimum Gasteiger partial charge on any atom is -0.481 e. The van der Waals surface area contributed by atoms with Crippen LogP contribution in [-0.4, -0.2) is 35.1 Å². The molecular formula is C12H18N2O2. The lowest BCUT2D eigenvalue weighted by Crippen LogP contribution is -2.21. The lowest BCUT2D eigenvalue weighted by atomic mass is 10.0. The number of carboxylic acid groups (broad SMARTS) is 1. The van der Waals surface area contributed by atoms with Crippen LogP contribution in [-0.2, 0) is 4.79 Å². The highest BCUT2D eigenvalue weighted by Gasteiger charge is 2.15. The van der Waals surface area contributed by atoms with Crippen LogP contribution in [0.4, 0.5) is 0 Å². The molecule has 4 nitrogen and oxygen atoms in total. The summed E-state index contributed by atoms with van der Waals surface area (Å²) >= 11 is 0. The molecular weight excluding hydrogens is 204 g/mol. The van der Waals surface area contributed by atoms with Gasteiger partial charge in [0.2, 0.25) is 0 Å². The van der Waals surface area contributed by atoms with Crippen molar-refractivity contribution in [1.29, 1.82) is 0 Å². The molecule has 1 unspecified atom stereocenters. The molecule has 1 heterocycles. The number of aromatic nitrogens is 1. The van der Waals surface area contributed by atoms with Crippen LogP contribution >= 0.6 is 0 Å². The average molecular weight is 222 g/mol. The van der Waals surface area contributed by atoms with Crippen LogP contribution in [0.1, 0.15) is 31.0 Å². The fourth-order valence-corrected chi connectivity index (χ4v) is 1.69. The lowest BCUT2D eigenvalue weighted by Gasteiger charge is -2.23. The quantitative estimate of drug-likeness (QED) is 0.799. The van der Waals surface area contributed by atoms with Gasteiger partial charge in [-0.1, -0.05) is 6.07 Å². The van der Waals surface area contributed by atoms with Gasteiger partial charge in [0.05, 0.1) is 11.7 Å². The maximum atomic E-state index is 10.5. The Balaban J connectivity index is 2.58. The first-order valence-electron chi connectivity index (χ1n) is 5.40. The van der Waals surface area contributed by atoms with Crippen LogP contribution in [0.2, 0.25) is 0 Å². The second-order valence-electron chi connectivity index (χ2n) is 4.02. The van der Waals surface area contributed by atoms with E-state index in [9.17, 15) is 4.79 Å². The number of pyridine rings is 1. The summed E-state index contributed by atoms with van der Waals surface area (Å²) in [5.41, 5.74) is 0.998. The highest BCUT2D eigenvalue weighted by Crippen LogP contribution is 2.21. The van der Waals surface area contributed by atoms with E-state index in [1.807, 2.05) is 32.3 Å². The van der Waals surface area contributed by atoms with Gasteiger partial charge in [0, 0.05) is 12.6 Å². The van der Waals surface area contributed by atoms with Gasteiger partial charge in [0.1, 0.15) is 0 Å². The maximum absolute atomic E-state index is 10.5. The van der Waals surface area contributed by atoms with E-state index in [1.54, 1.807) is 6.20 Å². The topological polar surface area (TPSA) is 53.4 Å². The van der Waals surface area contributed by atoms with Gasteiger partial charge in [-0.3, -0.25) is 9.78 Å². The Morgan fingerprint density at radius 2 is 2.25 bits per heavy atom. The molecule has 0 amide bonds. The highest BCUT2D eigenvalue weighted by molar-refractivity contribution is 5.66. The molecule has 1 aromatic rings. The van der Waals surface area contributed by atoms with Crippen molar-refractivity contribution in [1.82, 2.24) is 9.88 Å². The Bertz CT molecular complexity index is 325. The van der Waals surface area contributed by atoms with Crippen LogP contribution in [0.5, 0.6) is 0 Å². The van der Waals surface area contributed by atoms with Gasteiger partial charge in [-0.15, -0.1) is 0 Å². The molecule has 0 fully saturated rings. The molecule has 0 bridgehead atoms. The first kappa shape index (κ1) is 12.6. The molecule has 0 aliphatic carbocycles. The zero-order valence-corrected chi connectivity index (χ0v) is 9.76. The molecule has 0 aliphatic heterocycles.